The van der Waals surface area contributed by atoms with Crippen molar-refractivity contribution in [2.24, 2.45) is 5.73 Å². The number of amides is 1. The van der Waals surface area contributed by atoms with Gasteiger partial charge < -0.3 is 11.1 Å². The van der Waals surface area contributed by atoms with Crippen molar-refractivity contribution in [2.45, 2.75) is 25.8 Å². The Balaban J connectivity index is 2.54. The van der Waals surface area contributed by atoms with Crippen LogP contribution < -0.4 is 11.1 Å². The number of hydrogen-bond acceptors (Lipinski definition) is 2. The average Bonchev–Trinajstić information content (AvgIpc) is 2.22. The Morgan fingerprint density at radius 2 is 2.07 bits per heavy atom. The van der Waals surface area contributed by atoms with Crippen molar-refractivity contribution in [3.8, 4) is 0 Å². The van der Waals surface area contributed by atoms with Gasteiger partial charge >= 0.3 is 0 Å². The third-order valence-corrected chi connectivity index (χ3v) is 2.30. The third-order valence-electron chi connectivity index (χ3n) is 2.05. The molecule has 3 nitrogen and oxygen atoms in total. The number of anilines is 1. The maximum absolute atomic E-state index is 11.5. The Labute approximate surface area is 94.6 Å². The molecule has 1 aromatic carbocycles. The molecule has 1 unspecified atom stereocenters. The summed E-state index contributed by atoms with van der Waals surface area (Å²) < 4.78 is 0. The van der Waals surface area contributed by atoms with Crippen LogP contribution in [-0.4, -0.2) is 11.9 Å². The van der Waals surface area contributed by atoms with Gasteiger partial charge in [-0.05, 0) is 30.7 Å². The standard InChI is InChI=1S/C11H15ClN2O/c1-2-3-10(13)11(15)14-9-6-4-8(12)5-7-9/h4-7,10H,2-3,13H2,1H3,(H,14,15). The van der Waals surface area contributed by atoms with Crippen molar-refractivity contribution in [1.82, 2.24) is 0 Å². The lowest BCUT2D eigenvalue weighted by atomic mass is 10.1. The van der Waals surface area contributed by atoms with Gasteiger partial charge in [-0.3, -0.25) is 4.79 Å². The van der Waals surface area contributed by atoms with E-state index in [4.69, 9.17) is 17.3 Å². The van der Waals surface area contributed by atoms with Crippen LogP contribution in [0.5, 0.6) is 0 Å². The molecule has 82 valence electrons. The second kappa shape index (κ2) is 5.73. The van der Waals surface area contributed by atoms with Gasteiger partial charge in [0.25, 0.3) is 0 Å². The molecule has 0 aliphatic carbocycles. The molecule has 0 fully saturated rings. The van der Waals surface area contributed by atoms with Crippen LogP contribution in [0.4, 0.5) is 5.69 Å². The number of benzene rings is 1. The van der Waals surface area contributed by atoms with Gasteiger partial charge in [0, 0.05) is 10.7 Å². The Morgan fingerprint density at radius 3 is 2.60 bits per heavy atom. The fourth-order valence-corrected chi connectivity index (χ4v) is 1.34. The van der Waals surface area contributed by atoms with E-state index in [1.54, 1.807) is 24.3 Å². The first-order valence-corrected chi connectivity index (χ1v) is 5.33. The molecule has 1 atom stereocenters. The Bertz CT molecular complexity index is 324. The van der Waals surface area contributed by atoms with E-state index in [1.807, 2.05) is 6.92 Å². The van der Waals surface area contributed by atoms with Gasteiger partial charge in [0.15, 0.2) is 0 Å². The Kier molecular flexibility index (Phi) is 4.59. The van der Waals surface area contributed by atoms with Crippen molar-refractivity contribution in [3.63, 3.8) is 0 Å². The van der Waals surface area contributed by atoms with Gasteiger partial charge in [-0.15, -0.1) is 0 Å². The molecule has 0 aromatic heterocycles. The molecule has 0 radical (unpaired) electrons. The first-order chi connectivity index (χ1) is 7.13. The SMILES string of the molecule is CCCC(N)C(=O)Nc1ccc(Cl)cc1. The highest BCUT2D eigenvalue weighted by molar-refractivity contribution is 6.30. The number of nitrogens with two attached hydrogens (primary N) is 1. The first kappa shape index (κ1) is 12.0. The van der Waals surface area contributed by atoms with Crippen molar-refractivity contribution < 1.29 is 4.79 Å². The summed E-state index contributed by atoms with van der Waals surface area (Å²) in [7, 11) is 0. The molecule has 1 rings (SSSR count). The summed E-state index contributed by atoms with van der Waals surface area (Å²) in [6.45, 7) is 2.00. The highest BCUT2D eigenvalue weighted by Gasteiger charge is 2.11. The molecular weight excluding hydrogens is 212 g/mol. The number of carbonyl (C=O) groups is 1. The number of rotatable bonds is 4. The van der Waals surface area contributed by atoms with Crippen LogP contribution in [0.2, 0.25) is 5.02 Å². The summed E-state index contributed by atoms with van der Waals surface area (Å²) in [5, 5.41) is 3.38. The molecule has 0 aliphatic heterocycles. The maximum Gasteiger partial charge on any atom is 0.241 e. The third kappa shape index (κ3) is 3.90. The fraction of sp³-hybridized carbons (Fsp3) is 0.364. The second-order valence-corrected chi connectivity index (χ2v) is 3.83. The van der Waals surface area contributed by atoms with Crippen LogP contribution in [-0.2, 0) is 4.79 Å². The molecule has 1 aromatic rings. The van der Waals surface area contributed by atoms with Crippen molar-refractivity contribution in [2.75, 3.05) is 5.32 Å². The largest absolute Gasteiger partial charge is 0.325 e. The number of hydrogen-bond donors (Lipinski definition) is 2. The summed E-state index contributed by atoms with van der Waals surface area (Å²) in [5.41, 5.74) is 6.39. The normalized spacial score (nSPS) is 12.2. The van der Waals surface area contributed by atoms with Gasteiger partial charge in [0.1, 0.15) is 0 Å². The van der Waals surface area contributed by atoms with E-state index < -0.39 is 6.04 Å². The zero-order valence-corrected chi connectivity index (χ0v) is 9.42. The lowest BCUT2D eigenvalue weighted by Crippen LogP contribution is -2.35. The fourth-order valence-electron chi connectivity index (χ4n) is 1.21. The molecule has 0 saturated heterocycles. The van der Waals surface area contributed by atoms with Crippen molar-refractivity contribution in [3.05, 3.63) is 29.3 Å². The molecule has 3 N–H and O–H groups in total. The van der Waals surface area contributed by atoms with Gasteiger partial charge in [0.05, 0.1) is 6.04 Å². The van der Waals surface area contributed by atoms with E-state index in [9.17, 15) is 4.79 Å². The van der Waals surface area contributed by atoms with Gasteiger partial charge in [-0.25, -0.2) is 0 Å². The smallest absolute Gasteiger partial charge is 0.241 e. The van der Waals surface area contributed by atoms with Crippen molar-refractivity contribution in [1.29, 1.82) is 0 Å². The predicted molar refractivity (Wildman–Crippen MR) is 63.0 cm³/mol. The molecule has 0 saturated carbocycles. The molecule has 0 bridgehead atoms. The van der Waals surface area contributed by atoms with Crippen LogP contribution in [0.15, 0.2) is 24.3 Å². The van der Waals surface area contributed by atoms with E-state index in [0.717, 1.165) is 12.1 Å². The first-order valence-electron chi connectivity index (χ1n) is 4.95. The minimum Gasteiger partial charge on any atom is -0.325 e. The zero-order chi connectivity index (χ0) is 11.3. The molecule has 1 amide bonds. The minimum absolute atomic E-state index is 0.154. The van der Waals surface area contributed by atoms with E-state index in [1.165, 1.54) is 0 Å². The van der Waals surface area contributed by atoms with Crippen LogP contribution >= 0.6 is 11.6 Å². The molecule has 15 heavy (non-hydrogen) atoms. The summed E-state index contributed by atoms with van der Waals surface area (Å²) in [6, 6.07) is 6.51. The predicted octanol–water partition coefficient (Wildman–Crippen LogP) is 2.41. The average molecular weight is 227 g/mol. The molecule has 4 heteroatoms. The van der Waals surface area contributed by atoms with Gasteiger partial charge in [0.2, 0.25) is 5.91 Å². The van der Waals surface area contributed by atoms with Crippen LogP contribution in [0.3, 0.4) is 0 Å². The summed E-state index contributed by atoms with van der Waals surface area (Å²) in [6.07, 6.45) is 1.59. The summed E-state index contributed by atoms with van der Waals surface area (Å²) >= 11 is 5.72. The summed E-state index contributed by atoms with van der Waals surface area (Å²) in [5.74, 6) is -0.154. The number of halogens is 1. The molecule has 0 heterocycles. The van der Waals surface area contributed by atoms with E-state index >= 15 is 0 Å². The van der Waals surface area contributed by atoms with E-state index in [-0.39, 0.29) is 5.91 Å². The number of nitrogens with one attached hydrogen (secondary N) is 1. The molecular formula is C11H15ClN2O. The highest BCUT2D eigenvalue weighted by atomic mass is 35.5. The quantitative estimate of drug-likeness (QED) is 0.829. The van der Waals surface area contributed by atoms with E-state index in [0.29, 0.717) is 11.4 Å². The maximum atomic E-state index is 11.5. The summed E-state index contributed by atoms with van der Waals surface area (Å²) in [4.78, 5) is 11.5. The zero-order valence-electron chi connectivity index (χ0n) is 8.66. The molecule has 0 spiro atoms. The highest BCUT2D eigenvalue weighted by Crippen LogP contribution is 2.13. The van der Waals surface area contributed by atoms with Crippen LogP contribution in [0, 0.1) is 0 Å². The second-order valence-electron chi connectivity index (χ2n) is 3.39. The Hall–Kier alpha value is -1.06. The van der Waals surface area contributed by atoms with Crippen LogP contribution in [0.1, 0.15) is 19.8 Å². The molecule has 0 aliphatic rings. The van der Waals surface area contributed by atoms with Crippen LogP contribution in [0.25, 0.3) is 0 Å². The lowest BCUT2D eigenvalue weighted by Gasteiger charge is -2.10. The monoisotopic (exact) mass is 226 g/mol. The van der Waals surface area contributed by atoms with E-state index in [2.05, 4.69) is 5.32 Å². The lowest BCUT2D eigenvalue weighted by molar-refractivity contribution is -0.117. The number of carbonyl (C=O) groups excluding carboxylic acids is 1. The Morgan fingerprint density at radius 1 is 1.47 bits per heavy atom. The topological polar surface area (TPSA) is 55.1 Å². The van der Waals surface area contributed by atoms with Crippen molar-refractivity contribution >= 4 is 23.2 Å². The van der Waals surface area contributed by atoms with Gasteiger partial charge in [-0.1, -0.05) is 24.9 Å². The minimum atomic E-state index is -0.439. The van der Waals surface area contributed by atoms with Gasteiger partial charge in [-0.2, -0.15) is 0 Å².